The largest absolute Gasteiger partial charge is 0.494 e. The van der Waals surface area contributed by atoms with Gasteiger partial charge in [0.2, 0.25) is 0 Å². The molecule has 2 aromatic carbocycles. The van der Waals surface area contributed by atoms with E-state index in [1.165, 1.54) is 0 Å². The summed E-state index contributed by atoms with van der Waals surface area (Å²) >= 11 is 1.56. The molecule has 0 aliphatic carbocycles. The highest BCUT2D eigenvalue weighted by molar-refractivity contribution is 7.85. The molecule has 24 heavy (non-hydrogen) atoms. The molecule has 0 bridgehead atoms. The maximum absolute atomic E-state index is 12.6. The molecule has 1 N–H and O–H groups in total. The molecule has 1 aromatic heterocycles. The van der Waals surface area contributed by atoms with Crippen LogP contribution in [0.3, 0.4) is 0 Å². The average molecular weight is 364 g/mol. The molecule has 0 aliphatic heterocycles. The molecule has 0 fully saturated rings. The van der Waals surface area contributed by atoms with Crippen LogP contribution in [-0.2, 0) is 10.1 Å². The third-order valence-corrected chi connectivity index (χ3v) is 5.57. The SMILES string of the molecule is O=c1c2ccccc2sc2ccc(OCCCCS(=O)(=O)O)cc12. The second-order valence-corrected chi connectivity index (χ2v) is 8.08. The van der Waals surface area contributed by atoms with Crippen molar-refractivity contribution in [3.05, 3.63) is 52.7 Å². The molecule has 0 saturated carbocycles. The van der Waals surface area contributed by atoms with Crippen molar-refractivity contribution in [2.45, 2.75) is 12.8 Å². The fourth-order valence-electron chi connectivity index (χ4n) is 2.45. The normalized spacial score (nSPS) is 11.9. The number of hydrogen-bond acceptors (Lipinski definition) is 5. The highest BCUT2D eigenvalue weighted by atomic mass is 32.2. The van der Waals surface area contributed by atoms with Crippen LogP contribution in [0.4, 0.5) is 0 Å². The first kappa shape index (κ1) is 16.9. The average Bonchev–Trinajstić information content (AvgIpc) is 2.54. The van der Waals surface area contributed by atoms with E-state index in [0.29, 0.717) is 36.0 Å². The van der Waals surface area contributed by atoms with E-state index in [1.54, 1.807) is 23.5 Å². The van der Waals surface area contributed by atoms with Crippen molar-refractivity contribution in [3.8, 4) is 5.75 Å². The second-order valence-electron chi connectivity index (χ2n) is 5.43. The van der Waals surface area contributed by atoms with Crippen molar-refractivity contribution in [1.82, 2.24) is 0 Å². The van der Waals surface area contributed by atoms with Gasteiger partial charge in [0, 0.05) is 20.2 Å². The Morgan fingerprint density at radius 2 is 1.75 bits per heavy atom. The molecule has 0 unspecified atom stereocenters. The standard InChI is InChI=1S/C17H16O5S2/c18-17-13-5-1-2-6-15(13)23-16-8-7-12(11-14(16)17)22-9-3-4-10-24(19,20)21/h1-2,5-8,11H,3-4,9-10H2,(H,19,20,21). The van der Waals surface area contributed by atoms with Gasteiger partial charge in [-0.2, -0.15) is 8.42 Å². The predicted molar refractivity (Wildman–Crippen MR) is 96.7 cm³/mol. The number of hydrogen-bond donors (Lipinski definition) is 1. The minimum Gasteiger partial charge on any atom is -0.494 e. The maximum atomic E-state index is 12.6. The van der Waals surface area contributed by atoms with Crippen LogP contribution in [0.15, 0.2) is 47.3 Å². The fourth-order valence-corrected chi connectivity index (χ4v) is 4.07. The second kappa shape index (κ2) is 6.88. The monoisotopic (exact) mass is 364 g/mol. The summed E-state index contributed by atoms with van der Waals surface area (Å²) in [6.07, 6.45) is 0.828. The Morgan fingerprint density at radius 1 is 1.00 bits per heavy atom. The van der Waals surface area contributed by atoms with Crippen LogP contribution in [0.1, 0.15) is 12.8 Å². The Kier molecular flexibility index (Phi) is 4.84. The molecule has 5 nitrogen and oxygen atoms in total. The summed E-state index contributed by atoms with van der Waals surface area (Å²) in [6, 6.07) is 12.9. The first-order valence-corrected chi connectivity index (χ1v) is 9.90. The van der Waals surface area contributed by atoms with Gasteiger partial charge in [0.25, 0.3) is 10.1 Å². The molecule has 3 aromatic rings. The van der Waals surface area contributed by atoms with Crippen LogP contribution in [0.2, 0.25) is 0 Å². The van der Waals surface area contributed by atoms with Crippen molar-refractivity contribution in [1.29, 1.82) is 0 Å². The van der Waals surface area contributed by atoms with E-state index in [9.17, 15) is 13.2 Å². The lowest BCUT2D eigenvalue weighted by atomic mass is 10.2. The van der Waals surface area contributed by atoms with Crippen LogP contribution < -0.4 is 10.2 Å². The van der Waals surface area contributed by atoms with Gasteiger partial charge in [0.05, 0.1) is 12.4 Å². The van der Waals surface area contributed by atoms with Gasteiger partial charge in [0.1, 0.15) is 5.75 Å². The zero-order chi connectivity index (χ0) is 17.2. The minimum absolute atomic E-state index is 0.0174. The van der Waals surface area contributed by atoms with E-state index in [1.807, 2.05) is 30.3 Å². The molecule has 0 amide bonds. The van der Waals surface area contributed by atoms with E-state index in [2.05, 4.69) is 0 Å². The summed E-state index contributed by atoms with van der Waals surface area (Å²) in [4.78, 5) is 12.6. The van der Waals surface area contributed by atoms with Gasteiger partial charge in [-0.1, -0.05) is 12.1 Å². The summed E-state index contributed by atoms with van der Waals surface area (Å²) in [5, 5.41) is 1.31. The topological polar surface area (TPSA) is 80.7 Å². The summed E-state index contributed by atoms with van der Waals surface area (Å²) < 4.78 is 37.4. The molecular weight excluding hydrogens is 348 g/mol. The number of unbranched alkanes of at least 4 members (excludes halogenated alkanes) is 1. The molecule has 0 atom stereocenters. The minimum atomic E-state index is -3.92. The lowest BCUT2D eigenvalue weighted by Crippen LogP contribution is -2.06. The maximum Gasteiger partial charge on any atom is 0.264 e. The zero-order valence-corrected chi connectivity index (χ0v) is 14.4. The van der Waals surface area contributed by atoms with E-state index < -0.39 is 10.1 Å². The van der Waals surface area contributed by atoms with Crippen LogP contribution in [-0.4, -0.2) is 25.3 Å². The van der Waals surface area contributed by atoms with Crippen molar-refractivity contribution in [2.24, 2.45) is 0 Å². The third-order valence-electron chi connectivity index (χ3n) is 3.61. The van der Waals surface area contributed by atoms with Gasteiger partial charge in [-0.3, -0.25) is 9.35 Å². The molecule has 3 rings (SSSR count). The van der Waals surface area contributed by atoms with Crippen molar-refractivity contribution in [3.63, 3.8) is 0 Å². The Morgan fingerprint density at radius 3 is 2.54 bits per heavy atom. The molecular formula is C17H16O5S2. The Labute approximate surface area is 143 Å². The lowest BCUT2D eigenvalue weighted by Gasteiger charge is -2.07. The molecule has 0 saturated heterocycles. The smallest absolute Gasteiger partial charge is 0.264 e. The van der Waals surface area contributed by atoms with Crippen LogP contribution in [0.25, 0.3) is 20.2 Å². The summed E-state index contributed by atoms with van der Waals surface area (Å²) in [5.74, 6) is 0.306. The summed E-state index contributed by atoms with van der Waals surface area (Å²) in [6.45, 7) is 0.326. The van der Waals surface area contributed by atoms with E-state index in [0.717, 1.165) is 9.40 Å². The lowest BCUT2D eigenvalue weighted by molar-refractivity contribution is 0.309. The molecule has 0 aliphatic rings. The number of benzene rings is 2. The van der Waals surface area contributed by atoms with Crippen molar-refractivity contribution >= 4 is 41.6 Å². The van der Waals surface area contributed by atoms with Gasteiger partial charge in [-0.25, -0.2) is 0 Å². The van der Waals surface area contributed by atoms with Gasteiger partial charge in [-0.05, 0) is 43.2 Å². The van der Waals surface area contributed by atoms with Gasteiger partial charge in [-0.15, -0.1) is 11.3 Å². The number of rotatable bonds is 6. The Bertz CT molecular complexity index is 1040. The van der Waals surface area contributed by atoms with Crippen LogP contribution >= 0.6 is 11.3 Å². The molecule has 0 radical (unpaired) electrons. The van der Waals surface area contributed by atoms with Crippen molar-refractivity contribution in [2.75, 3.05) is 12.4 Å². The van der Waals surface area contributed by atoms with E-state index in [4.69, 9.17) is 9.29 Å². The van der Waals surface area contributed by atoms with Gasteiger partial charge < -0.3 is 4.74 Å². The summed E-state index contributed by atoms with van der Waals surface area (Å²) in [5.41, 5.74) is -0.0174. The Hall–Kier alpha value is -1.96. The molecule has 1 heterocycles. The number of ether oxygens (including phenoxy) is 1. The van der Waals surface area contributed by atoms with E-state index >= 15 is 0 Å². The predicted octanol–water partition coefficient (Wildman–Crippen LogP) is 3.46. The highest BCUT2D eigenvalue weighted by Gasteiger charge is 2.07. The quantitative estimate of drug-likeness (QED) is 0.411. The molecule has 126 valence electrons. The first-order valence-electron chi connectivity index (χ1n) is 7.48. The fraction of sp³-hybridized carbons (Fsp3) is 0.235. The van der Waals surface area contributed by atoms with Gasteiger partial charge in [0.15, 0.2) is 5.43 Å². The molecule has 0 spiro atoms. The van der Waals surface area contributed by atoms with Gasteiger partial charge >= 0.3 is 0 Å². The Balaban J connectivity index is 1.77. The first-order chi connectivity index (χ1) is 11.4. The van der Waals surface area contributed by atoms with Crippen LogP contribution in [0, 0.1) is 0 Å². The number of fused-ring (bicyclic) bond motifs is 2. The third kappa shape index (κ3) is 3.92. The summed E-state index contributed by atoms with van der Waals surface area (Å²) in [7, 11) is -3.92. The van der Waals surface area contributed by atoms with E-state index in [-0.39, 0.29) is 11.2 Å². The highest BCUT2D eigenvalue weighted by Crippen LogP contribution is 2.27. The van der Waals surface area contributed by atoms with Crippen molar-refractivity contribution < 1.29 is 17.7 Å². The molecule has 7 heteroatoms. The zero-order valence-electron chi connectivity index (χ0n) is 12.8. The van der Waals surface area contributed by atoms with Crippen LogP contribution in [0.5, 0.6) is 5.75 Å².